The van der Waals surface area contributed by atoms with Crippen LogP contribution in [-0.4, -0.2) is 21.5 Å². The van der Waals surface area contributed by atoms with Gasteiger partial charge in [0.05, 0.1) is 15.7 Å². The van der Waals surface area contributed by atoms with Crippen LogP contribution in [0.1, 0.15) is 16.1 Å². The van der Waals surface area contributed by atoms with Gasteiger partial charge in [0.15, 0.2) is 0 Å². The van der Waals surface area contributed by atoms with Crippen LogP contribution in [0.25, 0.3) is 0 Å². The second-order valence-electron chi connectivity index (χ2n) is 3.99. The summed E-state index contributed by atoms with van der Waals surface area (Å²) in [6, 6.07) is 4.00. The lowest BCUT2D eigenvalue weighted by atomic mass is 10.2. The number of halogens is 2. The Kier molecular flexibility index (Phi) is 4.66. The Hall–Kier alpha value is -1.83. The molecule has 0 atom stereocenters. The lowest BCUT2D eigenvalue weighted by molar-refractivity contribution is 0.0697. The van der Waals surface area contributed by atoms with Crippen molar-refractivity contribution in [3.8, 4) is 0 Å². The number of aromatic nitrogens is 1. The summed E-state index contributed by atoms with van der Waals surface area (Å²) >= 11 is 12.5. The molecular formula is C12H9Cl2N3O3S. The van der Waals surface area contributed by atoms with E-state index < -0.39 is 12.0 Å². The van der Waals surface area contributed by atoms with E-state index in [1.807, 2.05) is 0 Å². The zero-order valence-corrected chi connectivity index (χ0v) is 12.9. The molecule has 9 heteroatoms. The molecule has 1 aromatic carbocycles. The fraction of sp³-hybridized carbons (Fsp3) is 0.0833. The van der Waals surface area contributed by atoms with Crippen LogP contribution in [0.15, 0.2) is 18.2 Å². The third kappa shape index (κ3) is 3.63. The highest BCUT2D eigenvalue weighted by molar-refractivity contribution is 7.11. The Labute approximate surface area is 133 Å². The summed E-state index contributed by atoms with van der Waals surface area (Å²) in [4.78, 5) is 22.9. The second kappa shape index (κ2) is 6.30. The van der Waals surface area contributed by atoms with Gasteiger partial charge in [-0.1, -0.05) is 23.2 Å². The molecule has 0 aliphatic rings. The Morgan fingerprint density at radius 3 is 2.57 bits per heavy atom. The number of nitrogens with one attached hydrogen (secondary N) is 2. The van der Waals surface area contributed by atoms with E-state index in [1.54, 1.807) is 19.1 Å². The number of carbonyl (C=O) groups is 2. The molecule has 0 spiro atoms. The first-order valence-electron chi connectivity index (χ1n) is 5.61. The normalized spacial score (nSPS) is 10.2. The van der Waals surface area contributed by atoms with Crippen molar-refractivity contribution in [1.82, 2.24) is 4.37 Å². The first-order chi connectivity index (χ1) is 9.88. The van der Waals surface area contributed by atoms with Crippen LogP contribution in [0.2, 0.25) is 10.0 Å². The van der Waals surface area contributed by atoms with Gasteiger partial charge >= 0.3 is 12.0 Å². The average Bonchev–Trinajstić information content (AvgIpc) is 2.75. The predicted molar refractivity (Wildman–Crippen MR) is 82.9 cm³/mol. The van der Waals surface area contributed by atoms with Crippen molar-refractivity contribution in [3.63, 3.8) is 0 Å². The third-order valence-electron chi connectivity index (χ3n) is 2.48. The van der Waals surface area contributed by atoms with Gasteiger partial charge in [-0.05, 0) is 36.7 Å². The van der Waals surface area contributed by atoms with E-state index in [9.17, 15) is 9.59 Å². The number of anilines is 2. The lowest BCUT2D eigenvalue weighted by Gasteiger charge is -2.07. The van der Waals surface area contributed by atoms with Crippen LogP contribution >= 0.6 is 34.7 Å². The molecular weight excluding hydrogens is 337 g/mol. The summed E-state index contributed by atoms with van der Waals surface area (Å²) in [5.41, 5.74) is 0.752. The van der Waals surface area contributed by atoms with Crippen LogP contribution in [0, 0.1) is 6.92 Å². The highest BCUT2D eigenvalue weighted by Crippen LogP contribution is 2.26. The number of aromatic carboxylic acids is 1. The number of carboxylic acid groups (broad SMARTS) is 1. The van der Waals surface area contributed by atoms with Crippen molar-refractivity contribution in [2.75, 3.05) is 10.6 Å². The summed E-state index contributed by atoms with van der Waals surface area (Å²) in [6.07, 6.45) is 0. The van der Waals surface area contributed by atoms with Gasteiger partial charge < -0.3 is 10.4 Å². The number of urea groups is 1. The van der Waals surface area contributed by atoms with Gasteiger partial charge in [0.25, 0.3) is 0 Å². The van der Waals surface area contributed by atoms with Gasteiger partial charge in [0, 0.05) is 5.69 Å². The molecule has 21 heavy (non-hydrogen) atoms. The Bertz CT molecular complexity index is 718. The van der Waals surface area contributed by atoms with Crippen LogP contribution in [-0.2, 0) is 0 Å². The molecule has 0 aliphatic carbocycles. The highest BCUT2D eigenvalue weighted by Gasteiger charge is 2.19. The molecule has 3 N–H and O–H groups in total. The van der Waals surface area contributed by atoms with Crippen LogP contribution in [0.3, 0.4) is 0 Å². The first-order valence-corrected chi connectivity index (χ1v) is 7.14. The molecule has 0 saturated carbocycles. The molecule has 0 aliphatic heterocycles. The predicted octanol–water partition coefficient (Wildman–Crippen LogP) is 4.10. The standard InChI is InChI=1S/C12H9Cl2N3O3S/c1-5-9(11(18)19)10(21-17-5)16-12(20)15-6-2-3-7(13)8(14)4-6/h2-4H,1H3,(H,18,19)(H2,15,16,20). The molecule has 0 saturated heterocycles. The van der Waals surface area contributed by atoms with Crippen LogP contribution in [0.5, 0.6) is 0 Å². The number of aryl methyl sites for hydroxylation is 1. The number of hydrogen-bond acceptors (Lipinski definition) is 4. The van der Waals surface area contributed by atoms with E-state index in [4.69, 9.17) is 28.3 Å². The van der Waals surface area contributed by atoms with Gasteiger partial charge in [-0.2, -0.15) is 4.37 Å². The van der Waals surface area contributed by atoms with Gasteiger partial charge in [-0.15, -0.1) is 0 Å². The minimum atomic E-state index is -1.15. The van der Waals surface area contributed by atoms with Crippen molar-refractivity contribution in [2.24, 2.45) is 0 Å². The maximum absolute atomic E-state index is 11.8. The molecule has 1 aromatic heterocycles. The minimum absolute atomic E-state index is 0.0238. The number of rotatable bonds is 3. The number of nitrogens with zero attached hydrogens (tertiary/aromatic N) is 1. The van der Waals surface area contributed by atoms with Crippen molar-refractivity contribution >= 4 is 57.4 Å². The lowest BCUT2D eigenvalue weighted by Crippen LogP contribution is -2.20. The Morgan fingerprint density at radius 1 is 1.24 bits per heavy atom. The van der Waals surface area contributed by atoms with Crippen molar-refractivity contribution in [1.29, 1.82) is 0 Å². The Morgan fingerprint density at radius 2 is 1.95 bits per heavy atom. The molecule has 2 amide bonds. The summed E-state index contributed by atoms with van der Waals surface area (Å²) in [7, 11) is 0. The number of amides is 2. The van der Waals surface area contributed by atoms with Crippen LogP contribution in [0.4, 0.5) is 15.5 Å². The van der Waals surface area contributed by atoms with Crippen molar-refractivity contribution in [2.45, 2.75) is 6.92 Å². The molecule has 2 aromatic rings. The molecule has 0 bridgehead atoms. The third-order valence-corrected chi connectivity index (χ3v) is 4.07. The van der Waals surface area contributed by atoms with E-state index in [-0.39, 0.29) is 10.6 Å². The smallest absolute Gasteiger partial charge is 0.340 e. The zero-order valence-electron chi connectivity index (χ0n) is 10.6. The quantitative estimate of drug-likeness (QED) is 0.780. The molecule has 110 valence electrons. The minimum Gasteiger partial charge on any atom is -0.478 e. The van der Waals surface area contributed by atoms with Gasteiger partial charge in [-0.25, -0.2) is 9.59 Å². The number of benzene rings is 1. The number of hydrogen-bond donors (Lipinski definition) is 3. The second-order valence-corrected chi connectivity index (χ2v) is 5.57. The Balaban J connectivity index is 2.12. The zero-order chi connectivity index (χ0) is 15.6. The van der Waals surface area contributed by atoms with Gasteiger partial charge in [0.1, 0.15) is 10.6 Å². The summed E-state index contributed by atoms with van der Waals surface area (Å²) in [6.45, 7) is 1.56. The summed E-state index contributed by atoms with van der Waals surface area (Å²) in [5.74, 6) is -1.15. The first kappa shape index (κ1) is 15.6. The number of carboxylic acids is 1. The highest BCUT2D eigenvalue weighted by atomic mass is 35.5. The SMILES string of the molecule is Cc1nsc(NC(=O)Nc2ccc(Cl)c(Cl)c2)c1C(=O)O. The molecule has 1 heterocycles. The fourth-order valence-corrected chi connectivity index (χ4v) is 2.63. The van der Waals surface area contributed by atoms with E-state index in [1.165, 1.54) is 6.07 Å². The molecule has 2 rings (SSSR count). The van der Waals surface area contributed by atoms with Crippen LogP contribution < -0.4 is 10.6 Å². The summed E-state index contributed by atoms with van der Waals surface area (Å²) in [5, 5.41) is 14.9. The van der Waals surface area contributed by atoms with Crippen molar-refractivity contribution in [3.05, 3.63) is 39.5 Å². The largest absolute Gasteiger partial charge is 0.478 e. The number of carbonyl (C=O) groups excluding carboxylic acids is 1. The molecule has 0 fully saturated rings. The molecule has 0 unspecified atom stereocenters. The topological polar surface area (TPSA) is 91.3 Å². The maximum atomic E-state index is 11.8. The van der Waals surface area contributed by atoms with E-state index in [2.05, 4.69) is 15.0 Å². The van der Waals surface area contributed by atoms with Gasteiger partial charge in [-0.3, -0.25) is 5.32 Å². The van der Waals surface area contributed by atoms with E-state index >= 15 is 0 Å². The maximum Gasteiger partial charge on any atom is 0.340 e. The van der Waals surface area contributed by atoms with E-state index in [0.717, 1.165) is 11.5 Å². The monoisotopic (exact) mass is 345 g/mol. The molecule has 0 radical (unpaired) electrons. The van der Waals surface area contributed by atoms with Crippen molar-refractivity contribution < 1.29 is 14.7 Å². The fourth-order valence-electron chi connectivity index (χ4n) is 1.55. The molecule has 6 nitrogen and oxygen atoms in total. The van der Waals surface area contributed by atoms with E-state index in [0.29, 0.717) is 21.4 Å². The van der Waals surface area contributed by atoms with Gasteiger partial charge in [0.2, 0.25) is 0 Å². The summed E-state index contributed by atoms with van der Waals surface area (Å²) < 4.78 is 3.90. The average molecular weight is 346 g/mol.